The van der Waals surface area contributed by atoms with Crippen LogP contribution >= 0.6 is 0 Å². The molecule has 5 rings (SSSR count). The average molecular weight is 313 g/mol. The number of nitrogens with one attached hydrogen (secondary N) is 1. The van der Waals surface area contributed by atoms with Crippen molar-refractivity contribution in [2.45, 2.75) is 45.4 Å². The van der Waals surface area contributed by atoms with Gasteiger partial charge in [0.1, 0.15) is 12.4 Å². The summed E-state index contributed by atoms with van der Waals surface area (Å²) in [5, 5.41) is 3.16. The van der Waals surface area contributed by atoms with Crippen molar-refractivity contribution in [3.8, 4) is 5.75 Å². The lowest BCUT2D eigenvalue weighted by Gasteiger charge is -2.55. The van der Waals surface area contributed by atoms with E-state index >= 15 is 0 Å². The third-order valence-electron chi connectivity index (χ3n) is 6.20. The fraction of sp³-hybridized carbons (Fsp3) is 0.650. The maximum Gasteiger partial charge on any atom is 0.226 e. The number of carbonyl (C=O) groups excluding carboxylic acids is 1. The molecule has 4 aliphatic carbocycles. The maximum absolute atomic E-state index is 12.8. The lowest BCUT2D eigenvalue weighted by atomic mass is 9.49. The van der Waals surface area contributed by atoms with Gasteiger partial charge in [-0.3, -0.25) is 4.79 Å². The van der Waals surface area contributed by atoms with Gasteiger partial charge in [-0.25, -0.2) is 0 Å². The number of hydrogen-bond donors (Lipinski definition) is 1. The molecular formula is C20H27NO2. The molecule has 3 nitrogen and oxygen atoms in total. The highest BCUT2D eigenvalue weighted by molar-refractivity contribution is 5.83. The van der Waals surface area contributed by atoms with Gasteiger partial charge < -0.3 is 10.1 Å². The van der Waals surface area contributed by atoms with Crippen LogP contribution in [0.15, 0.2) is 24.3 Å². The van der Waals surface area contributed by atoms with Gasteiger partial charge >= 0.3 is 0 Å². The van der Waals surface area contributed by atoms with Crippen LogP contribution in [0.1, 0.15) is 44.1 Å². The van der Waals surface area contributed by atoms with Gasteiger partial charge in [-0.05, 0) is 75.3 Å². The molecule has 4 saturated carbocycles. The van der Waals surface area contributed by atoms with E-state index in [0.29, 0.717) is 19.1 Å². The highest BCUT2D eigenvalue weighted by Gasteiger charge is 2.54. The van der Waals surface area contributed by atoms with E-state index in [1.165, 1.54) is 24.8 Å². The molecule has 0 unspecified atom stereocenters. The van der Waals surface area contributed by atoms with Crippen LogP contribution in [0.4, 0.5) is 0 Å². The van der Waals surface area contributed by atoms with Crippen LogP contribution in [0.25, 0.3) is 0 Å². The first-order chi connectivity index (χ1) is 11.1. The number of aryl methyl sites for hydroxylation is 1. The molecule has 1 aromatic rings. The Morgan fingerprint density at radius 3 is 2.22 bits per heavy atom. The molecule has 124 valence electrons. The minimum atomic E-state index is -0.0430. The molecule has 1 amide bonds. The summed E-state index contributed by atoms with van der Waals surface area (Å²) < 4.78 is 5.72. The van der Waals surface area contributed by atoms with Crippen LogP contribution in [-0.2, 0) is 4.79 Å². The van der Waals surface area contributed by atoms with Crippen LogP contribution in [0, 0.1) is 30.1 Å². The minimum absolute atomic E-state index is 0.0430. The zero-order chi connectivity index (χ0) is 15.9. The number of hydrogen-bond acceptors (Lipinski definition) is 2. The molecule has 0 aromatic heterocycles. The average Bonchev–Trinajstić information content (AvgIpc) is 2.52. The van der Waals surface area contributed by atoms with Gasteiger partial charge in [0.2, 0.25) is 5.91 Å². The summed E-state index contributed by atoms with van der Waals surface area (Å²) in [5.41, 5.74) is 1.19. The summed E-state index contributed by atoms with van der Waals surface area (Å²) in [7, 11) is 0. The Hall–Kier alpha value is -1.51. The highest BCUT2D eigenvalue weighted by atomic mass is 16.5. The van der Waals surface area contributed by atoms with E-state index in [1.807, 2.05) is 24.3 Å². The van der Waals surface area contributed by atoms with Crippen molar-refractivity contribution >= 4 is 5.91 Å². The second-order valence-electron chi connectivity index (χ2n) is 8.12. The fourth-order valence-electron chi connectivity index (χ4n) is 5.54. The summed E-state index contributed by atoms with van der Waals surface area (Å²) in [5.74, 6) is 3.62. The molecule has 0 aliphatic heterocycles. The van der Waals surface area contributed by atoms with Crippen molar-refractivity contribution in [1.29, 1.82) is 0 Å². The Kier molecular flexibility index (Phi) is 3.82. The Balaban J connectivity index is 1.28. The van der Waals surface area contributed by atoms with Crippen molar-refractivity contribution in [2.24, 2.45) is 23.2 Å². The van der Waals surface area contributed by atoms with Crippen molar-refractivity contribution in [3.05, 3.63) is 29.8 Å². The number of ether oxygens (including phenoxy) is 1. The zero-order valence-corrected chi connectivity index (χ0v) is 14.0. The number of rotatable bonds is 5. The largest absolute Gasteiger partial charge is 0.492 e. The molecule has 23 heavy (non-hydrogen) atoms. The molecule has 3 heteroatoms. The summed E-state index contributed by atoms with van der Waals surface area (Å²) in [4.78, 5) is 12.8. The molecule has 0 atom stereocenters. The molecule has 4 bridgehead atoms. The van der Waals surface area contributed by atoms with E-state index < -0.39 is 0 Å². The maximum atomic E-state index is 12.8. The highest BCUT2D eigenvalue weighted by Crippen LogP contribution is 2.60. The molecular weight excluding hydrogens is 286 g/mol. The van der Waals surface area contributed by atoms with Gasteiger partial charge in [-0.1, -0.05) is 17.7 Å². The first-order valence-corrected chi connectivity index (χ1v) is 9.11. The first-order valence-electron chi connectivity index (χ1n) is 9.11. The minimum Gasteiger partial charge on any atom is -0.492 e. The molecule has 4 aliphatic rings. The van der Waals surface area contributed by atoms with E-state index in [-0.39, 0.29) is 5.41 Å². The van der Waals surface area contributed by atoms with E-state index in [4.69, 9.17) is 4.74 Å². The topological polar surface area (TPSA) is 38.3 Å². The molecule has 1 aromatic carbocycles. The lowest BCUT2D eigenvalue weighted by molar-refractivity contribution is -0.146. The van der Waals surface area contributed by atoms with Crippen molar-refractivity contribution in [2.75, 3.05) is 13.2 Å². The van der Waals surface area contributed by atoms with Crippen LogP contribution in [0.3, 0.4) is 0 Å². The Morgan fingerprint density at radius 1 is 1.09 bits per heavy atom. The van der Waals surface area contributed by atoms with Gasteiger partial charge in [0.15, 0.2) is 0 Å². The molecule has 1 N–H and O–H groups in total. The zero-order valence-electron chi connectivity index (χ0n) is 14.0. The Morgan fingerprint density at radius 2 is 1.65 bits per heavy atom. The lowest BCUT2D eigenvalue weighted by Crippen LogP contribution is -2.54. The SMILES string of the molecule is Cc1ccc(OCCNC(=O)C23CC4CC(CC(C4)C2)C3)cc1. The van der Waals surface area contributed by atoms with E-state index in [9.17, 15) is 4.79 Å². The summed E-state index contributed by atoms with van der Waals surface area (Å²) in [6.45, 7) is 3.21. The number of carbonyl (C=O) groups is 1. The summed E-state index contributed by atoms with van der Waals surface area (Å²) >= 11 is 0. The van der Waals surface area contributed by atoms with Gasteiger partial charge in [0.05, 0.1) is 6.54 Å². The van der Waals surface area contributed by atoms with E-state index in [2.05, 4.69) is 12.2 Å². The van der Waals surface area contributed by atoms with Crippen LogP contribution in [0.5, 0.6) is 5.75 Å². The summed E-state index contributed by atoms with van der Waals surface area (Å²) in [6, 6.07) is 8.05. The summed E-state index contributed by atoms with van der Waals surface area (Å²) in [6.07, 6.45) is 7.52. The molecule has 0 radical (unpaired) electrons. The normalized spacial score (nSPS) is 34.4. The van der Waals surface area contributed by atoms with Gasteiger partial charge in [0, 0.05) is 5.41 Å². The quantitative estimate of drug-likeness (QED) is 0.842. The second kappa shape index (κ2) is 5.85. The molecule has 0 saturated heterocycles. The standard InChI is InChI=1S/C20H27NO2/c1-14-2-4-18(5-3-14)23-7-6-21-19(22)20-11-15-8-16(12-20)10-17(9-15)13-20/h2-5,15-17H,6-13H2,1H3,(H,21,22). The number of amides is 1. The third kappa shape index (κ3) is 2.98. The predicted octanol–water partition coefficient (Wildman–Crippen LogP) is 3.71. The molecule has 0 heterocycles. The smallest absolute Gasteiger partial charge is 0.226 e. The molecule has 0 spiro atoms. The monoisotopic (exact) mass is 313 g/mol. The van der Waals surface area contributed by atoms with Gasteiger partial charge in [-0.15, -0.1) is 0 Å². The number of benzene rings is 1. The third-order valence-corrected chi connectivity index (χ3v) is 6.20. The van der Waals surface area contributed by atoms with E-state index in [1.54, 1.807) is 0 Å². The van der Waals surface area contributed by atoms with E-state index in [0.717, 1.165) is 42.8 Å². The van der Waals surface area contributed by atoms with Crippen LogP contribution < -0.4 is 10.1 Å². The fourth-order valence-corrected chi connectivity index (χ4v) is 5.54. The van der Waals surface area contributed by atoms with Gasteiger partial charge in [0.25, 0.3) is 0 Å². The van der Waals surface area contributed by atoms with Crippen molar-refractivity contribution in [1.82, 2.24) is 5.32 Å². The van der Waals surface area contributed by atoms with Crippen LogP contribution in [0.2, 0.25) is 0 Å². The van der Waals surface area contributed by atoms with Crippen molar-refractivity contribution < 1.29 is 9.53 Å². The Bertz CT molecular complexity index is 543. The second-order valence-corrected chi connectivity index (χ2v) is 8.12. The molecule has 4 fully saturated rings. The predicted molar refractivity (Wildman–Crippen MR) is 90.3 cm³/mol. The van der Waals surface area contributed by atoms with Crippen molar-refractivity contribution in [3.63, 3.8) is 0 Å². The van der Waals surface area contributed by atoms with Crippen LogP contribution in [-0.4, -0.2) is 19.1 Å². The first kappa shape index (κ1) is 15.0. The Labute approximate surface area is 138 Å². The van der Waals surface area contributed by atoms with Gasteiger partial charge in [-0.2, -0.15) is 0 Å².